The summed E-state index contributed by atoms with van der Waals surface area (Å²) in [5.41, 5.74) is 3.63. The molecule has 1 saturated heterocycles. The van der Waals surface area contributed by atoms with Gasteiger partial charge in [-0.25, -0.2) is 8.42 Å². The molecule has 7 heteroatoms. The number of aryl methyl sites for hydroxylation is 2. The highest BCUT2D eigenvalue weighted by Gasteiger charge is 2.34. The Labute approximate surface area is 183 Å². The highest BCUT2D eigenvalue weighted by Crippen LogP contribution is 2.31. The molecule has 1 amide bonds. The van der Waals surface area contributed by atoms with Gasteiger partial charge in [0.15, 0.2) is 0 Å². The average Bonchev–Trinajstić information content (AvgIpc) is 2.71. The van der Waals surface area contributed by atoms with Crippen molar-refractivity contribution in [2.75, 3.05) is 32.7 Å². The monoisotopic (exact) mass is 437 g/mol. The minimum Gasteiger partial charge on any atom is -0.354 e. The number of hydrogen-bond donors (Lipinski definition) is 1. The fourth-order valence-corrected chi connectivity index (χ4v) is 6.47. The molecule has 1 atom stereocenters. The van der Waals surface area contributed by atoms with Gasteiger partial charge in [0.05, 0.1) is 4.90 Å². The molecule has 0 saturated carbocycles. The lowest BCUT2D eigenvalue weighted by Crippen LogP contribution is -2.46. The minimum absolute atomic E-state index is 0.0461. The predicted octanol–water partition coefficient (Wildman–Crippen LogP) is 3.17. The van der Waals surface area contributed by atoms with Crippen LogP contribution in [0.1, 0.15) is 55.9 Å². The highest BCUT2D eigenvalue weighted by atomic mass is 32.2. The third kappa shape index (κ3) is 5.24. The Kier molecular flexibility index (Phi) is 8.48. The van der Waals surface area contributed by atoms with E-state index in [-0.39, 0.29) is 11.8 Å². The van der Waals surface area contributed by atoms with E-state index in [4.69, 9.17) is 0 Å². The van der Waals surface area contributed by atoms with Crippen LogP contribution in [0.5, 0.6) is 0 Å². The second kappa shape index (κ2) is 10.2. The second-order valence-corrected chi connectivity index (χ2v) is 10.5. The number of likely N-dealkylation sites (N-methyl/N-ethyl adjacent to an activating group) is 1. The topological polar surface area (TPSA) is 69.7 Å². The molecule has 1 aliphatic heterocycles. The van der Waals surface area contributed by atoms with Gasteiger partial charge in [-0.2, -0.15) is 4.31 Å². The van der Waals surface area contributed by atoms with Crippen molar-refractivity contribution >= 4 is 15.9 Å². The zero-order valence-corrected chi connectivity index (χ0v) is 20.5. The summed E-state index contributed by atoms with van der Waals surface area (Å²) in [6.45, 7) is 17.4. The average molecular weight is 438 g/mol. The van der Waals surface area contributed by atoms with Crippen molar-refractivity contribution in [3.63, 3.8) is 0 Å². The van der Waals surface area contributed by atoms with Gasteiger partial charge in [-0.3, -0.25) is 9.69 Å². The molecule has 0 aliphatic carbocycles. The molecule has 0 radical (unpaired) electrons. The molecule has 1 aliphatic rings. The first-order chi connectivity index (χ1) is 14.0. The van der Waals surface area contributed by atoms with Gasteiger partial charge in [0.25, 0.3) is 0 Å². The van der Waals surface area contributed by atoms with E-state index in [0.29, 0.717) is 43.4 Å². The Morgan fingerprint density at radius 1 is 1.10 bits per heavy atom. The number of benzene rings is 1. The summed E-state index contributed by atoms with van der Waals surface area (Å²) in [6, 6.07) is 2.33. The highest BCUT2D eigenvalue weighted by molar-refractivity contribution is 7.89. The van der Waals surface area contributed by atoms with Gasteiger partial charge < -0.3 is 5.32 Å². The third-order valence-electron chi connectivity index (χ3n) is 6.73. The van der Waals surface area contributed by atoms with Gasteiger partial charge in [-0.05, 0) is 82.8 Å². The first-order valence-electron chi connectivity index (χ1n) is 11.1. The zero-order valence-electron chi connectivity index (χ0n) is 19.7. The summed E-state index contributed by atoms with van der Waals surface area (Å²) in [4.78, 5) is 15.4. The molecule has 0 bridgehead atoms. The van der Waals surface area contributed by atoms with Crippen molar-refractivity contribution in [2.24, 2.45) is 5.92 Å². The van der Waals surface area contributed by atoms with Crippen molar-refractivity contribution in [2.45, 2.75) is 72.2 Å². The molecule has 0 aromatic heterocycles. The number of rotatable bonds is 8. The number of piperidine rings is 1. The van der Waals surface area contributed by atoms with Crippen molar-refractivity contribution < 1.29 is 13.2 Å². The quantitative estimate of drug-likeness (QED) is 0.678. The van der Waals surface area contributed by atoms with E-state index in [1.165, 1.54) is 0 Å². The Balaban J connectivity index is 2.03. The molecule has 1 fully saturated rings. The van der Waals surface area contributed by atoms with Crippen molar-refractivity contribution in [1.29, 1.82) is 0 Å². The fourth-order valence-electron chi connectivity index (χ4n) is 4.42. The molecule has 1 unspecified atom stereocenters. The van der Waals surface area contributed by atoms with Crippen molar-refractivity contribution in [3.8, 4) is 0 Å². The fraction of sp³-hybridized carbons (Fsp3) is 0.696. The summed E-state index contributed by atoms with van der Waals surface area (Å²) >= 11 is 0. The first kappa shape index (κ1) is 24.8. The summed E-state index contributed by atoms with van der Waals surface area (Å²) in [7, 11) is -3.57. The number of nitrogens with zero attached hydrogens (tertiary/aromatic N) is 2. The molecule has 1 aromatic rings. The van der Waals surface area contributed by atoms with Crippen molar-refractivity contribution in [3.05, 3.63) is 28.3 Å². The van der Waals surface area contributed by atoms with Crippen LogP contribution in [0.25, 0.3) is 0 Å². The SMILES string of the molecule is CCN(CC)C(C)CNC(=O)C1CCN(S(=O)(=O)c2c(C)c(C)cc(C)c2C)CC1. The van der Waals surface area contributed by atoms with E-state index in [0.717, 1.165) is 35.3 Å². The van der Waals surface area contributed by atoms with Crippen LogP contribution in [0.15, 0.2) is 11.0 Å². The third-order valence-corrected chi connectivity index (χ3v) is 8.90. The smallest absolute Gasteiger partial charge is 0.243 e. The van der Waals surface area contributed by atoms with Gasteiger partial charge in [-0.1, -0.05) is 19.9 Å². The van der Waals surface area contributed by atoms with E-state index in [1.807, 2.05) is 33.8 Å². The van der Waals surface area contributed by atoms with E-state index in [1.54, 1.807) is 4.31 Å². The Morgan fingerprint density at radius 3 is 2.07 bits per heavy atom. The van der Waals surface area contributed by atoms with Crippen LogP contribution < -0.4 is 5.32 Å². The van der Waals surface area contributed by atoms with Gasteiger partial charge in [-0.15, -0.1) is 0 Å². The maximum Gasteiger partial charge on any atom is 0.243 e. The molecular formula is C23H39N3O3S. The van der Waals surface area contributed by atoms with E-state index >= 15 is 0 Å². The molecule has 1 heterocycles. The maximum atomic E-state index is 13.4. The molecule has 30 heavy (non-hydrogen) atoms. The van der Waals surface area contributed by atoms with Crippen LogP contribution in [-0.2, 0) is 14.8 Å². The predicted molar refractivity (Wildman–Crippen MR) is 122 cm³/mol. The molecule has 0 spiro atoms. The summed E-state index contributed by atoms with van der Waals surface area (Å²) < 4.78 is 28.3. The molecule has 170 valence electrons. The molecule has 1 N–H and O–H groups in total. The normalized spacial score (nSPS) is 17.3. The van der Waals surface area contributed by atoms with E-state index in [9.17, 15) is 13.2 Å². The van der Waals surface area contributed by atoms with Gasteiger partial charge in [0.1, 0.15) is 0 Å². The number of carbonyl (C=O) groups excluding carboxylic acids is 1. The first-order valence-corrected chi connectivity index (χ1v) is 12.6. The summed E-state index contributed by atoms with van der Waals surface area (Å²) in [5, 5.41) is 3.07. The molecular weight excluding hydrogens is 398 g/mol. The molecule has 1 aromatic carbocycles. The largest absolute Gasteiger partial charge is 0.354 e. The summed E-state index contributed by atoms with van der Waals surface area (Å²) in [6.07, 6.45) is 1.13. The van der Waals surface area contributed by atoms with Crippen LogP contribution in [0.3, 0.4) is 0 Å². The van der Waals surface area contributed by atoms with Crippen LogP contribution >= 0.6 is 0 Å². The van der Waals surface area contributed by atoms with E-state index in [2.05, 4.69) is 31.0 Å². The lowest BCUT2D eigenvalue weighted by Gasteiger charge is -2.32. The van der Waals surface area contributed by atoms with Crippen molar-refractivity contribution in [1.82, 2.24) is 14.5 Å². The van der Waals surface area contributed by atoms with Crippen LogP contribution in [-0.4, -0.2) is 62.3 Å². The van der Waals surface area contributed by atoms with Gasteiger partial charge in [0.2, 0.25) is 15.9 Å². The summed E-state index contributed by atoms with van der Waals surface area (Å²) in [5.74, 6) is -0.0772. The van der Waals surface area contributed by atoms with E-state index < -0.39 is 10.0 Å². The molecule has 6 nitrogen and oxygen atoms in total. The van der Waals surface area contributed by atoms with Crippen LogP contribution in [0, 0.1) is 33.6 Å². The van der Waals surface area contributed by atoms with Gasteiger partial charge >= 0.3 is 0 Å². The Hall–Kier alpha value is -1.44. The zero-order chi connectivity index (χ0) is 22.6. The maximum absolute atomic E-state index is 13.4. The van der Waals surface area contributed by atoms with Gasteiger partial charge in [0, 0.05) is 31.6 Å². The van der Waals surface area contributed by atoms with Crippen LogP contribution in [0.2, 0.25) is 0 Å². The number of sulfonamides is 1. The standard InChI is InChI=1S/C23H39N3O3S/c1-8-25(9-2)18(5)15-24-23(27)21-10-12-26(13-11-21)30(28,29)22-19(6)16(3)14-17(4)20(22)7/h14,18,21H,8-13,15H2,1-7H3,(H,24,27). The lowest BCUT2D eigenvalue weighted by atomic mass is 9.97. The number of hydrogen-bond acceptors (Lipinski definition) is 4. The lowest BCUT2D eigenvalue weighted by molar-refractivity contribution is -0.126. The van der Waals surface area contributed by atoms with Crippen LogP contribution in [0.4, 0.5) is 0 Å². The number of carbonyl (C=O) groups is 1. The number of nitrogens with one attached hydrogen (secondary N) is 1. The number of amides is 1. The second-order valence-electron chi connectivity index (χ2n) is 8.58. The Morgan fingerprint density at radius 2 is 1.60 bits per heavy atom. The Bertz CT molecular complexity index is 829. The molecule has 2 rings (SSSR count). The minimum atomic E-state index is -3.57.